The topological polar surface area (TPSA) is 58.6 Å². The predicted octanol–water partition coefficient (Wildman–Crippen LogP) is 1.87. The van der Waals surface area contributed by atoms with Crippen LogP contribution in [0.5, 0.6) is 0 Å². The molecule has 0 bridgehead atoms. The monoisotopic (exact) mass is 300 g/mol. The standard InChI is InChI=1S/C14H24N2O3S/c1-2-19-14(18)16-7-5-12(6-8-16)15-13(17)11-4-3-9-20-10-11/h11-12H,2-10H2,1H3,(H,15,17). The quantitative estimate of drug-likeness (QED) is 0.864. The fraction of sp³-hybridized carbons (Fsp3) is 0.857. The highest BCUT2D eigenvalue weighted by Crippen LogP contribution is 2.23. The molecule has 0 aromatic heterocycles. The molecular formula is C14H24N2O3S. The van der Waals surface area contributed by atoms with Gasteiger partial charge in [-0.05, 0) is 38.4 Å². The number of ether oxygens (including phenoxy) is 1. The van der Waals surface area contributed by atoms with E-state index in [1.54, 1.807) is 4.90 Å². The molecule has 0 saturated carbocycles. The van der Waals surface area contributed by atoms with Crippen molar-refractivity contribution in [2.75, 3.05) is 31.2 Å². The summed E-state index contributed by atoms with van der Waals surface area (Å²) >= 11 is 1.87. The Bertz CT molecular complexity index is 337. The summed E-state index contributed by atoms with van der Waals surface area (Å²) < 4.78 is 4.99. The summed E-state index contributed by atoms with van der Waals surface area (Å²) in [6.07, 6.45) is 3.57. The average Bonchev–Trinajstić information content (AvgIpc) is 2.49. The first kappa shape index (κ1) is 15.5. The number of likely N-dealkylation sites (tertiary alicyclic amines) is 1. The van der Waals surface area contributed by atoms with Gasteiger partial charge in [0.25, 0.3) is 0 Å². The third-order valence-electron chi connectivity index (χ3n) is 3.90. The van der Waals surface area contributed by atoms with Crippen molar-refractivity contribution in [3.63, 3.8) is 0 Å². The number of thioether (sulfide) groups is 1. The van der Waals surface area contributed by atoms with Gasteiger partial charge in [-0.15, -0.1) is 0 Å². The SMILES string of the molecule is CCOC(=O)N1CCC(NC(=O)C2CCCSC2)CC1. The van der Waals surface area contributed by atoms with Gasteiger partial charge < -0.3 is 15.0 Å². The minimum atomic E-state index is -0.235. The number of carbonyl (C=O) groups excluding carboxylic acids is 2. The summed E-state index contributed by atoms with van der Waals surface area (Å²) in [6.45, 7) is 3.56. The minimum absolute atomic E-state index is 0.178. The Balaban J connectivity index is 1.71. The Morgan fingerprint density at radius 2 is 2.05 bits per heavy atom. The Labute approximate surface area is 124 Å². The first-order valence-corrected chi connectivity index (χ1v) is 8.66. The number of nitrogens with one attached hydrogen (secondary N) is 1. The zero-order chi connectivity index (χ0) is 14.4. The number of nitrogens with zero attached hydrogens (tertiary/aromatic N) is 1. The van der Waals surface area contributed by atoms with E-state index in [0.29, 0.717) is 19.7 Å². The van der Waals surface area contributed by atoms with Gasteiger partial charge in [-0.3, -0.25) is 4.79 Å². The van der Waals surface area contributed by atoms with Crippen LogP contribution in [-0.4, -0.2) is 54.1 Å². The fourth-order valence-corrected chi connectivity index (χ4v) is 3.83. The highest BCUT2D eigenvalue weighted by molar-refractivity contribution is 7.99. The van der Waals surface area contributed by atoms with Crippen molar-refractivity contribution in [2.45, 2.75) is 38.6 Å². The Morgan fingerprint density at radius 1 is 1.30 bits per heavy atom. The van der Waals surface area contributed by atoms with Crippen LogP contribution in [0.2, 0.25) is 0 Å². The molecule has 0 aromatic rings. The van der Waals surface area contributed by atoms with E-state index in [-0.39, 0.29) is 24.0 Å². The molecule has 0 spiro atoms. The second-order valence-corrected chi connectivity index (χ2v) is 6.53. The fourth-order valence-electron chi connectivity index (χ4n) is 2.69. The molecule has 0 aromatic carbocycles. The van der Waals surface area contributed by atoms with Gasteiger partial charge in [-0.2, -0.15) is 11.8 Å². The van der Waals surface area contributed by atoms with Gasteiger partial charge in [0.2, 0.25) is 5.91 Å². The zero-order valence-corrected chi connectivity index (χ0v) is 12.9. The molecule has 6 heteroatoms. The minimum Gasteiger partial charge on any atom is -0.450 e. The van der Waals surface area contributed by atoms with Crippen LogP contribution in [0.4, 0.5) is 4.79 Å². The second kappa shape index (κ2) is 7.76. The van der Waals surface area contributed by atoms with Crippen molar-refractivity contribution >= 4 is 23.8 Å². The van der Waals surface area contributed by atoms with E-state index in [2.05, 4.69) is 5.32 Å². The lowest BCUT2D eigenvalue weighted by Crippen LogP contribution is -2.48. The summed E-state index contributed by atoms with van der Waals surface area (Å²) in [4.78, 5) is 25.5. The molecule has 2 amide bonds. The molecule has 1 unspecified atom stereocenters. The van der Waals surface area contributed by atoms with Crippen LogP contribution in [0.15, 0.2) is 0 Å². The predicted molar refractivity (Wildman–Crippen MR) is 79.8 cm³/mol. The number of hydrogen-bond donors (Lipinski definition) is 1. The van der Waals surface area contributed by atoms with Crippen molar-refractivity contribution in [2.24, 2.45) is 5.92 Å². The lowest BCUT2D eigenvalue weighted by molar-refractivity contribution is -0.125. The van der Waals surface area contributed by atoms with Crippen molar-refractivity contribution in [1.82, 2.24) is 10.2 Å². The number of hydrogen-bond acceptors (Lipinski definition) is 4. The zero-order valence-electron chi connectivity index (χ0n) is 12.1. The molecule has 1 atom stereocenters. The largest absolute Gasteiger partial charge is 0.450 e. The maximum absolute atomic E-state index is 12.2. The third kappa shape index (κ3) is 4.30. The number of carbonyl (C=O) groups is 2. The highest BCUT2D eigenvalue weighted by atomic mass is 32.2. The Hall–Kier alpha value is -0.910. The van der Waals surface area contributed by atoms with E-state index < -0.39 is 0 Å². The first-order chi connectivity index (χ1) is 9.70. The molecule has 5 nitrogen and oxygen atoms in total. The summed E-state index contributed by atoms with van der Waals surface area (Å²) in [6, 6.07) is 0.208. The highest BCUT2D eigenvalue weighted by Gasteiger charge is 2.27. The van der Waals surface area contributed by atoms with Crippen LogP contribution in [0.1, 0.15) is 32.6 Å². The van der Waals surface area contributed by atoms with Crippen LogP contribution in [0, 0.1) is 5.92 Å². The van der Waals surface area contributed by atoms with Gasteiger partial charge >= 0.3 is 6.09 Å². The van der Waals surface area contributed by atoms with Gasteiger partial charge in [-0.25, -0.2) is 4.79 Å². The molecule has 2 heterocycles. The molecular weight excluding hydrogens is 276 g/mol. The molecule has 2 rings (SSSR count). The Morgan fingerprint density at radius 3 is 2.65 bits per heavy atom. The summed E-state index contributed by atoms with van der Waals surface area (Å²) in [5.74, 6) is 2.51. The third-order valence-corrected chi connectivity index (χ3v) is 5.11. The van der Waals surface area contributed by atoms with Crippen LogP contribution in [0.3, 0.4) is 0 Å². The van der Waals surface area contributed by atoms with Gasteiger partial charge in [0.15, 0.2) is 0 Å². The van der Waals surface area contributed by atoms with Crippen LogP contribution in [0.25, 0.3) is 0 Å². The summed E-state index contributed by atoms with van der Waals surface area (Å²) in [5.41, 5.74) is 0. The van der Waals surface area contributed by atoms with Gasteiger partial charge in [0, 0.05) is 30.8 Å². The summed E-state index contributed by atoms with van der Waals surface area (Å²) in [5, 5.41) is 3.15. The van der Waals surface area contributed by atoms with E-state index in [1.807, 2.05) is 18.7 Å². The number of amides is 2. The maximum Gasteiger partial charge on any atom is 0.409 e. The summed E-state index contributed by atoms with van der Waals surface area (Å²) in [7, 11) is 0. The van der Waals surface area contributed by atoms with E-state index in [1.165, 1.54) is 5.75 Å². The number of piperidine rings is 1. The van der Waals surface area contributed by atoms with Crippen molar-refractivity contribution in [1.29, 1.82) is 0 Å². The average molecular weight is 300 g/mol. The van der Waals surface area contributed by atoms with Crippen molar-refractivity contribution in [3.05, 3.63) is 0 Å². The second-order valence-electron chi connectivity index (χ2n) is 5.38. The lowest BCUT2D eigenvalue weighted by atomic mass is 10.0. The maximum atomic E-state index is 12.2. The van der Waals surface area contributed by atoms with Crippen molar-refractivity contribution in [3.8, 4) is 0 Å². The molecule has 2 fully saturated rings. The lowest BCUT2D eigenvalue weighted by Gasteiger charge is -2.32. The molecule has 0 aliphatic carbocycles. The smallest absolute Gasteiger partial charge is 0.409 e. The Kier molecular flexibility index (Phi) is 6.01. The molecule has 2 aliphatic rings. The van der Waals surface area contributed by atoms with E-state index in [0.717, 1.165) is 31.4 Å². The van der Waals surface area contributed by atoms with Gasteiger partial charge in [0.1, 0.15) is 0 Å². The molecule has 20 heavy (non-hydrogen) atoms. The normalized spacial score (nSPS) is 24.2. The molecule has 114 valence electrons. The molecule has 0 radical (unpaired) electrons. The molecule has 2 aliphatic heterocycles. The van der Waals surface area contributed by atoms with E-state index >= 15 is 0 Å². The van der Waals surface area contributed by atoms with E-state index in [9.17, 15) is 9.59 Å². The van der Waals surface area contributed by atoms with Gasteiger partial charge in [-0.1, -0.05) is 0 Å². The molecule has 1 N–H and O–H groups in total. The van der Waals surface area contributed by atoms with Crippen LogP contribution in [-0.2, 0) is 9.53 Å². The van der Waals surface area contributed by atoms with E-state index in [4.69, 9.17) is 4.74 Å². The first-order valence-electron chi connectivity index (χ1n) is 7.50. The van der Waals surface area contributed by atoms with Crippen molar-refractivity contribution < 1.29 is 14.3 Å². The van der Waals surface area contributed by atoms with Crippen LogP contribution < -0.4 is 5.32 Å². The van der Waals surface area contributed by atoms with Gasteiger partial charge in [0.05, 0.1) is 6.61 Å². The molecule has 2 saturated heterocycles. The van der Waals surface area contributed by atoms with Crippen LogP contribution >= 0.6 is 11.8 Å². The number of rotatable bonds is 3.